The Hall–Kier alpha value is -3.08. The van der Waals surface area contributed by atoms with Gasteiger partial charge in [0.15, 0.2) is 0 Å². The van der Waals surface area contributed by atoms with E-state index >= 15 is 0 Å². The van der Waals surface area contributed by atoms with Crippen molar-refractivity contribution in [2.45, 2.75) is 12.8 Å². The first-order valence-corrected chi connectivity index (χ1v) is 8.84. The summed E-state index contributed by atoms with van der Waals surface area (Å²) in [6, 6.07) is 17.4. The Morgan fingerprint density at radius 2 is 1.67 bits per heavy atom. The predicted molar refractivity (Wildman–Crippen MR) is 105 cm³/mol. The maximum absolute atomic E-state index is 12.6. The van der Waals surface area contributed by atoms with Gasteiger partial charge in [0.25, 0.3) is 0 Å². The van der Waals surface area contributed by atoms with Crippen molar-refractivity contribution in [1.29, 1.82) is 0 Å². The highest BCUT2D eigenvalue weighted by Crippen LogP contribution is 2.12. The van der Waals surface area contributed by atoms with Crippen molar-refractivity contribution in [2.75, 3.05) is 27.3 Å². The maximum Gasteiger partial charge on any atom is 0.307 e. The number of carbonyl (C=O) groups is 2. The molecule has 1 amide bonds. The van der Waals surface area contributed by atoms with Crippen molar-refractivity contribution < 1.29 is 19.1 Å². The van der Waals surface area contributed by atoms with Crippen molar-refractivity contribution in [1.82, 2.24) is 4.90 Å². The summed E-state index contributed by atoms with van der Waals surface area (Å²) < 4.78 is 9.85. The Labute approximate surface area is 160 Å². The average molecular weight is 367 g/mol. The highest BCUT2D eigenvalue weighted by atomic mass is 16.5. The standard InChI is InChI=1S/C22H25NO4/c1-26-20-11-8-19(9-12-20)14-16-23(17-15-22(25)27-2)21(24)13-10-18-6-4-3-5-7-18/h3-13H,14-17H2,1-2H3/b13-10+. The molecular weight excluding hydrogens is 342 g/mol. The van der Waals surface area contributed by atoms with Crippen molar-refractivity contribution in [3.8, 4) is 5.75 Å². The van der Waals surface area contributed by atoms with E-state index in [0.717, 1.165) is 16.9 Å². The van der Waals surface area contributed by atoms with Gasteiger partial charge in [-0.3, -0.25) is 9.59 Å². The number of methoxy groups -OCH3 is 2. The largest absolute Gasteiger partial charge is 0.497 e. The van der Waals surface area contributed by atoms with E-state index in [1.165, 1.54) is 7.11 Å². The number of benzene rings is 2. The molecule has 0 bridgehead atoms. The lowest BCUT2D eigenvalue weighted by atomic mass is 10.1. The molecule has 0 aromatic heterocycles. The van der Waals surface area contributed by atoms with Crippen LogP contribution in [0.25, 0.3) is 6.08 Å². The zero-order valence-corrected chi connectivity index (χ0v) is 15.8. The van der Waals surface area contributed by atoms with Crippen molar-refractivity contribution in [3.63, 3.8) is 0 Å². The SMILES string of the molecule is COC(=O)CCN(CCc1ccc(OC)cc1)C(=O)/C=C/c1ccccc1. The molecule has 142 valence electrons. The molecule has 0 aliphatic rings. The fourth-order valence-electron chi connectivity index (χ4n) is 2.55. The zero-order valence-electron chi connectivity index (χ0n) is 15.8. The molecule has 0 N–H and O–H groups in total. The molecule has 0 fully saturated rings. The number of carbonyl (C=O) groups excluding carboxylic acids is 2. The molecule has 0 aliphatic carbocycles. The predicted octanol–water partition coefficient (Wildman–Crippen LogP) is 3.34. The highest BCUT2D eigenvalue weighted by molar-refractivity contribution is 5.92. The molecule has 0 saturated heterocycles. The van der Waals surface area contributed by atoms with E-state index in [9.17, 15) is 9.59 Å². The van der Waals surface area contributed by atoms with Crippen LogP contribution in [0.1, 0.15) is 17.5 Å². The van der Waals surface area contributed by atoms with Crippen LogP contribution in [0.2, 0.25) is 0 Å². The van der Waals surface area contributed by atoms with E-state index < -0.39 is 0 Å². The molecule has 5 nitrogen and oxygen atoms in total. The summed E-state index contributed by atoms with van der Waals surface area (Å²) >= 11 is 0. The maximum atomic E-state index is 12.6. The van der Waals surface area contributed by atoms with Gasteiger partial charge in [0.2, 0.25) is 5.91 Å². The first-order chi connectivity index (χ1) is 13.1. The summed E-state index contributed by atoms with van der Waals surface area (Å²) in [4.78, 5) is 25.7. The number of rotatable bonds is 9. The Balaban J connectivity index is 2.01. The highest BCUT2D eigenvalue weighted by Gasteiger charge is 2.13. The first kappa shape index (κ1) is 20.2. The fraction of sp³-hybridized carbons (Fsp3) is 0.273. The lowest BCUT2D eigenvalue weighted by molar-refractivity contribution is -0.141. The lowest BCUT2D eigenvalue weighted by Crippen LogP contribution is -2.33. The van der Waals surface area contributed by atoms with Gasteiger partial charge in [-0.2, -0.15) is 0 Å². The van der Waals surface area contributed by atoms with Gasteiger partial charge in [0.05, 0.1) is 20.6 Å². The molecule has 0 atom stereocenters. The van der Waals surface area contributed by atoms with Gasteiger partial charge in [-0.1, -0.05) is 42.5 Å². The summed E-state index contributed by atoms with van der Waals surface area (Å²) in [5.74, 6) is 0.337. The Bertz CT molecular complexity index is 754. The third-order valence-corrected chi connectivity index (χ3v) is 4.17. The van der Waals surface area contributed by atoms with Crippen LogP contribution in [-0.4, -0.2) is 44.1 Å². The van der Waals surface area contributed by atoms with E-state index in [0.29, 0.717) is 19.5 Å². The summed E-state index contributed by atoms with van der Waals surface area (Å²) in [6.45, 7) is 0.835. The molecule has 2 aromatic carbocycles. The summed E-state index contributed by atoms with van der Waals surface area (Å²) in [6.07, 6.45) is 4.18. The molecule has 0 heterocycles. The number of esters is 1. The van der Waals surface area contributed by atoms with Crippen molar-refractivity contribution in [2.24, 2.45) is 0 Å². The number of nitrogens with zero attached hydrogens (tertiary/aromatic N) is 1. The van der Waals surface area contributed by atoms with Crippen molar-refractivity contribution in [3.05, 3.63) is 71.8 Å². The second-order valence-corrected chi connectivity index (χ2v) is 5.99. The lowest BCUT2D eigenvalue weighted by Gasteiger charge is -2.21. The third kappa shape index (κ3) is 6.98. The molecule has 0 unspecified atom stereocenters. The van der Waals surface area contributed by atoms with Gasteiger partial charge in [0, 0.05) is 19.2 Å². The van der Waals surface area contributed by atoms with Crippen LogP contribution in [0, 0.1) is 0 Å². The van der Waals surface area contributed by atoms with E-state index in [1.54, 1.807) is 24.2 Å². The molecule has 2 rings (SSSR count). The fourth-order valence-corrected chi connectivity index (χ4v) is 2.55. The molecule has 0 spiro atoms. The van der Waals surface area contributed by atoms with Gasteiger partial charge >= 0.3 is 5.97 Å². The van der Waals surface area contributed by atoms with Crippen LogP contribution < -0.4 is 4.74 Å². The minimum atomic E-state index is -0.329. The summed E-state index contributed by atoms with van der Waals surface area (Å²) in [7, 11) is 2.97. The Kier molecular flexibility index (Phi) is 8.10. The molecule has 0 radical (unpaired) electrons. The Morgan fingerprint density at radius 3 is 2.30 bits per heavy atom. The zero-order chi connectivity index (χ0) is 19.5. The molecule has 27 heavy (non-hydrogen) atoms. The molecule has 0 aliphatic heterocycles. The Morgan fingerprint density at radius 1 is 0.963 bits per heavy atom. The second-order valence-electron chi connectivity index (χ2n) is 5.99. The third-order valence-electron chi connectivity index (χ3n) is 4.17. The van der Waals surface area contributed by atoms with Crippen LogP contribution in [-0.2, 0) is 20.7 Å². The second kappa shape index (κ2) is 10.8. The monoisotopic (exact) mass is 367 g/mol. The smallest absolute Gasteiger partial charge is 0.307 e. The first-order valence-electron chi connectivity index (χ1n) is 8.84. The number of ether oxygens (including phenoxy) is 2. The van der Waals surface area contributed by atoms with E-state index in [2.05, 4.69) is 4.74 Å². The van der Waals surface area contributed by atoms with Gasteiger partial charge in [-0.05, 0) is 35.8 Å². The van der Waals surface area contributed by atoms with Crippen LogP contribution in [0.5, 0.6) is 5.75 Å². The van der Waals surface area contributed by atoms with E-state index in [1.807, 2.05) is 54.6 Å². The topological polar surface area (TPSA) is 55.8 Å². The van der Waals surface area contributed by atoms with Crippen LogP contribution in [0.15, 0.2) is 60.7 Å². The van der Waals surface area contributed by atoms with Crippen LogP contribution in [0.3, 0.4) is 0 Å². The van der Waals surface area contributed by atoms with Gasteiger partial charge < -0.3 is 14.4 Å². The van der Waals surface area contributed by atoms with Crippen LogP contribution >= 0.6 is 0 Å². The quantitative estimate of drug-likeness (QED) is 0.504. The minimum absolute atomic E-state index is 0.128. The van der Waals surface area contributed by atoms with Crippen LogP contribution in [0.4, 0.5) is 0 Å². The average Bonchev–Trinajstić information content (AvgIpc) is 2.73. The van der Waals surface area contributed by atoms with E-state index in [4.69, 9.17) is 4.74 Å². The molecule has 0 saturated carbocycles. The normalized spacial score (nSPS) is 10.6. The molecule has 5 heteroatoms. The van der Waals surface area contributed by atoms with Gasteiger partial charge in [-0.15, -0.1) is 0 Å². The molecular formula is C22H25NO4. The van der Waals surface area contributed by atoms with Gasteiger partial charge in [0.1, 0.15) is 5.75 Å². The number of hydrogen-bond donors (Lipinski definition) is 0. The van der Waals surface area contributed by atoms with Gasteiger partial charge in [-0.25, -0.2) is 0 Å². The van der Waals surface area contributed by atoms with E-state index in [-0.39, 0.29) is 18.3 Å². The summed E-state index contributed by atoms with van der Waals surface area (Å²) in [5.41, 5.74) is 2.05. The van der Waals surface area contributed by atoms with Crippen molar-refractivity contribution >= 4 is 18.0 Å². The number of amides is 1. The molecule has 2 aromatic rings. The number of hydrogen-bond acceptors (Lipinski definition) is 4. The summed E-state index contributed by atoms with van der Waals surface area (Å²) in [5, 5.41) is 0. The minimum Gasteiger partial charge on any atom is -0.497 e.